The van der Waals surface area contributed by atoms with Crippen LogP contribution in [0.3, 0.4) is 0 Å². The second kappa shape index (κ2) is 7.70. The van der Waals surface area contributed by atoms with E-state index in [1.807, 2.05) is 35.2 Å². The number of hydrogen-bond acceptors (Lipinski definition) is 5. The molecule has 1 atom stereocenters. The van der Waals surface area contributed by atoms with Crippen molar-refractivity contribution in [1.82, 2.24) is 15.1 Å². The fraction of sp³-hybridized carbons (Fsp3) is 0.333. The van der Waals surface area contributed by atoms with E-state index in [0.29, 0.717) is 30.4 Å². The lowest BCUT2D eigenvalue weighted by molar-refractivity contribution is -0.117. The Morgan fingerprint density at radius 2 is 2.04 bits per heavy atom. The lowest BCUT2D eigenvalue weighted by Gasteiger charge is -2.16. The molecule has 1 unspecified atom stereocenters. The highest BCUT2D eigenvalue weighted by molar-refractivity contribution is 5.96. The van der Waals surface area contributed by atoms with Crippen molar-refractivity contribution in [1.29, 1.82) is 0 Å². The zero-order chi connectivity index (χ0) is 18.6. The van der Waals surface area contributed by atoms with E-state index in [0.717, 1.165) is 12.1 Å². The molecular formula is C21H22N4O2. The molecule has 3 aromatic rings. The summed E-state index contributed by atoms with van der Waals surface area (Å²) in [6, 6.07) is 13.8. The summed E-state index contributed by atoms with van der Waals surface area (Å²) in [5.41, 5.74) is 2.87. The Balaban J connectivity index is 1.47. The number of rotatable bonds is 6. The third kappa shape index (κ3) is 3.74. The molecule has 138 valence electrons. The van der Waals surface area contributed by atoms with Gasteiger partial charge < -0.3 is 9.42 Å². The third-order valence-electron chi connectivity index (χ3n) is 4.88. The average molecular weight is 362 g/mol. The van der Waals surface area contributed by atoms with Gasteiger partial charge in [-0.3, -0.25) is 9.78 Å². The van der Waals surface area contributed by atoms with E-state index in [1.54, 1.807) is 6.20 Å². The van der Waals surface area contributed by atoms with E-state index in [2.05, 4.69) is 34.2 Å². The molecule has 1 fully saturated rings. The van der Waals surface area contributed by atoms with Crippen LogP contribution in [0.1, 0.15) is 43.5 Å². The van der Waals surface area contributed by atoms with E-state index >= 15 is 0 Å². The van der Waals surface area contributed by atoms with Gasteiger partial charge in [0.2, 0.25) is 5.91 Å². The molecule has 0 aliphatic carbocycles. The van der Waals surface area contributed by atoms with Crippen LogP contribution in [-0.4, -0.2) is 27.6 Å². The van der Waals surface area contributed by atoms with Crippen LogP contribution in [0.15, 0.2) is 53.2 Å². The SMILES string of the molecule is CCCCc1ccc(N2CC(c3noc(-c4ccccn4)n3)CC2=O)cc1. The molecule has 1 aliphatic heterocycles. The molecule has 1 amide bonds. The van der Waals surface area contributed by atoms with Crippen LogP contribution < -0.4 is 4.90 Å². The van der Waals surface area contributed by atoms with Gasteiger partial charge in [0.15, 0.2) is 5.82 Å². The largest absolute Gasteiger partial charge is 0.332 e. The van der Waals surface area contributed by atoms with Crippen LogP contribution in [0.2, 0.25) is 0 Å². The number of unbranched alkanes of at least 4 members (excludes halogenated alkanes) is 1. The first kappa shape index (κ1) is 17.4. The lowest BCUT2D eigenvalue weighted by atomic mass is 10.1. The molecule has 3 heterocycles. The second-order valence-electron chi connectivity index (χ2n) is 6.85. The van der Waals surface area contributed by atoms with E-state index in [4.69, 9.17) is 4.52 Å². The van der Waals surface area contributed by atoms with E-state index < -0.39 is 0 Å². The van der Waals surface area contributed by atoms with Gasteiger partial charge in [-0.1, -0.05) is 36.7 Å². The highest BCUT2D eigenvalue weighted by Crippen LogP contribution is 2.31. The molecule has 0 radical (unpaired) electrons. The maximum Gasteiger partial charge on any atom is 0.276 e. The number of pyridine rings is 1. The number of carbonyl (C=O) groups is 1. The lowest BCUT2D eigenvalue weighted by Crippen LogP contribution is -2.24. The van der Waals surface area contributed by atoms with E-state index in [1.165, 1.54) is 18.4 Å². The quantitative estimate of drug-likeness (QED) is 0.663. The smallest absolute Gasteiger partial charge is 0.276 e. The van der Waals surface area contributed by atoms with Gasteiger partial charge in [0, 0.05) is 30.8 Å². The van der Waals surface area contributed by atoms with Crippen molar-refractivity contribution in [3.05, 3.63) is 60.0 Å². The highest BCUT2D eigenvalue weighted by atomic mass is 16.5. The van der Waals surface area contributed by atoms with Gasteiger partial charge in [0.05, 0.1) is 0 Å². The predicted octanol–water partition coefficient (Wildman–Crippen LogP) is 3.99. The van der Waals surface area contributed by atoms with Crippen molar-refractivity contribution in [2.45, 2.75) is 38.5 Å². The summed E-state index contributed by atoms with van der Waals surface area (Å²) in [7, 11) is 0. The first-order valence-corrected chi connectivity index (χ1v) is 9.39. The molecule has 27 heavy (non-hydrogen) atoms. The number of nitrogens with zero attached hydrogens (tertiary/aromatic N) is 4. The van der Waals surface area contributed by atoms with Gasteiger partial charge >= 0.3 is 0 Å². The number of anilines is 1. The summed E-state index contributed by atoms with van der Waals surface area (Å²) in [6.07, 6.45) is 5.51. The molecule has 2 aromatic heterocycles. The van der Waals surface area contributed by atoms with Gasteiger partial charge in [0.1, 0.15) is 5.69 Å². The normalized spacial score (nSPS) is 16.9. The summed E-state index contributed by atoms with van der Waals surface area (Å²) in [4.78, 5) is 23.0. The van der Waals surface area contributed by atoms with Crippen molar-refractivity contribution in [2.75, 3.05) is 11.4 Å². The molecule has 1 aliphatic rings. The summed E-state index contributed by atoms with van der Waals surface area (Å²) in [5, 5.41) is 4.08. The van der Waals surface area contributed by atoms with E-state index in [-0.39, 0.29) is 11.8 Å². The Morgan fingerprint density at radius 3 is 2.78 bits per heavy atom. The topological polar surface area (TPSA) is 72.1 Å². The summed E-state index contributed by atoms with van der Waals surface area (Å²) >= 11 is 0. The molecule has 0 saturated carbocycles. The van der Waals surface area contributed by atoms with Crippen LogP contribution in [0.25, 0.3) is 11.6 Å². The van der Waals surface area contributed by atoms with Crippen molar-refractivity contribution in [2.24, 2.45) is 0 Å². The third-order valence-corrected chi connectivity index (χ3v) is 4.88. The van der Waals surface area contributed by atoms with Crippen molar-refractivity contribution in [3.8, 4) is 11.6 Å². The fourth-order valence-corrected chi connectivity index (χ4v) is 3.35. The summed E-state index contributed by atoms with van der Waals surface area (Å²) in [6.45, 7) is 2.75. The number of aromatic nitrogens is 3. The van der Waals surface area contributed by atoms with Crippen molar-refractivity contribution < 1.29 is 9.32 Å². The highest BCUT2D eigenvalue weighted by Gasteiger charge is 2.34. The molecule has 6 heteroatoms. The van der Waals surface area contributed by atoms with Gasteiger partial charge in [-0.25, -0.2) is 0 Å². The molecule has 0 bridgehead atoms. The number of benzene rings is 1. The van der Waals surface area contributed by atoms with Crippen LogP contribution in [0.5, 0.6) is 0 Å². The monoisotopic (exact) mass is 362 g/mol. The van der Waals surface area contributed by atoms with Gasteiger partial charge in [-0.2, -0.15) is 4.98 Å². The molecule has 1 saturated heterocycles. The average Bonchev–Trinajstić information content (AvgIpc) is 3.34. The molecule has 6 nitrogen and oxygen atoms in total. The number of carbonyl (C=O) groups excluding carboxylic acids is 1. The summed E-state index contributed by atoms with van der Waals surface area (Å²) in [5.74, 6) is 0.965. The summed E-state index contributed by atoms with van der Waals surface area (Å²) < 4.78 is 5.34. The van der Waals surface area contributed by atoms with Gasteiger partial charge in [-0.05, 0) is 42.7 Å². The van der Waals surface area contributed by atoms with Crippen LogP contribution in [-0.2, 0) is 11.2 Å². The van der Waals surface area contributed by atoms with Crippen LogP contribution in [0, 0.1) is 0 Å². The van der Waals surface area contributed by atoms with Gasteiger partial charge in [-0.15, -0.1) is 0 Å². The maximum absolute atomic E-state index is 12.5. The predicted molar refractivity (Wildman–Crippen MR) is 102 cm³/mol. The Labute approximate surface area is 158 Å². The molecule has 0 spiro atoms. The first-order chi connectivity index (χ1) is 13.2. The fourth-order valence-electron chi connectivity index (χ4n) is 3.35. The standard InChI is InChI=1S/C21H22N4O2/c1-2-3-6-15-8-10-17(11-9-15)25-14-16(13-19(25)26)20-23-21(27-24-20)18-7-4-5-12-22-18/h4-5,7-12,16H,2-3,6,13-14H2,1H3. The number of aryl methyl sites for hydroxylation is 1. The zero-order valence-electron chi connectivity index (χ0n) is 15.3. The van der Waals surface area contributed by atoms with Crippen molar-refractivity contribution >= 4 is 11.6 Å². The second-order valence-corrected chi connectivity index (χ2v) is 6.85. The minimum Gasteiger partial charge on any atom is -0.332 e. The zero-order valence-corrected chi connectivity index (χ0v) is 15.3. The molecule has 1 aromatic carbocycles. The Bertz CT molecular complexity index is 905. The number of amides is 1. The van der Waals surface area contributed by atoms with E-state index in [9.17, 15) is 4.79 Å². The molecule has 4 rings (SSSR count). The minimum absolute atomic E-state index is 0.0709. The van der Waals surface area contributed by atoms with Gasteiger partial charge in [0.25, 0.3) is 5.89 Å². The minimum atomic E-state index is -0.0709. The molecular weight excluding hydrogens is 340 g/mol. The van der Waals surface area contributed by atoms with Crippen LogP contribution >= 0.6 is 0 Å². The Hall–Kier alpha value is -3.02. The van der Waals surface area contributed by atoms with Crippen LogP contribution in [0.4, 0.5) is 5.69 Å². The van der Waals surface area contributed by atoms with Crippen molar-refractivity contribution in [3.63, 3.8) is 0 Å². The molecule has 0 N–H and O–H groups in total. The first-order valence-electron chi connectivity index (χ1n) is 9.39. The Kier molecular flexibility index (Phi) is 4.96. The number of hydrogen-bond donors (Lipinski definition) is 0. The maximum atomic E-state index is 12.5. The Morgan fingerprint density at radius 1 is 1.19 bits per heavy atom.